The van der Waals surface area contributed by atoms with Crippen molar-refractivity contribution in [3.8, 4) is 0 Å². The third-order valence-electron chi connectivity index (χ3n) is 2.53. The first-order valence-electron chi connectivity index (χ1n) is 5.79. The maximum absolute atomic E-state index is 12.0. The summed E-state index contributed by atoms with van der Waals surface area (Å²) in [5, 5.41) is 10.7. The molecule has 0 atom stereocenters. The zero-order valence-electron chi connectivity index (χ0n) is 11.2. The van der Waals surface area contributed by atoms with E-state index in [1.165, 1.54) is 14.2 Å². The van der Waals surface area contributed by atoms with E-state index in [2.05, 4.69) is 15.5 Å². The second kappa shape index (κ2) is 7.03. The number of aryl methyl sites for hydroxylation is 2. The third kappa shape index (κ3) is 3.75. The molecule has 1 amide bonds. The van der Waals surface area contributed by atoms with Crippen LogP contribution in [0.15, 0.2) is 6.07 Å². The topological polar surface area (TPSA) is 73.3 Å². The van der Waals surface area contributed by atoms with Crippen LogP contribution in [0, 0.1) is 6.92 Å². The number of rotatable bonds is 6. The summed E-state index contributed by atoms with van der Waals surface area (Å²) in [6.07, 6.45) is 0.212. The highest BCUT2D eigenvalue weighted by Crippen LogP contribution is 2.07. The Morgan fingerprint density at radius 2 is 2.06 bits per heavy atom. The van der Waals surface area contributed by atoms with Crippen LogP contribution in [0.4, 0.5) is 0 Å². The van der Waals surface area contributed by atoms with E-state index in [4.69, 9.17) is 9.47 Å². The fourth-order valence-electron chi connectivity index (χ4n) is 1.51. The summed E-state index contributed by atoms with van der Waals surface area (Å²) in [6, 6.07) is 1.73. The van der Waals surface area contributed by atoms with Gasteiger partial charge in [-0.25, -0.2) is 0 Å². The summed E-state index contributed by atoms with van der Waals surface area (Å²) in [5.74, 6) is -0.191. The van der Waals surface area contributed by atoms with E-state index in [-0.39, 0.29) is 12.5 Å². The van der Waals surface area contributed by atoms with Gasteiger partial charge in [0.25, 0.3) is 5.91 Å². The largest absolute Gasteiger partial charge is 0.354 e. The minimum Gasteiger partial charge on any atom is -0.354 e. The summed E-state index contributed by atoms with van der Waals surface area (Å²) in [5.41, 5.74) is 1.95. The van der Waals surface area contributed by atoms with Gasteiger partial charge in [0.15, 0.2) is 6.29 Å². The lowest BCUT2D eigenvalue weighted by molar-refractivity contribution is -0.0974. The summed E-state index contributed by atoms with van der Waals surface area (Å²) in [6.45, 7) is 4.02. The van der Waals surface area contributed by atoms with Crippen LogP contribution < -0.4 is 5.32 Å². The van der Waals surface area contributed by atoms with Crippen LogP contribution in [-0.2, 0) is 15.9 Å². The van der Waals surface area contributed by atoms with Crippen LogP contribution in [0.5, 0.6) is 0 Å². The van der Waals surface area contributed by atoms with Gasteiger partial charge in [-0.15, -0.1) is 0 Å². The summed E-state index contributed by atoms with van der Waals surface area (Å²) < 4.78 is 10.0. The van der Waals surface area contributed by atoms with Crippen molar-refractivity contribution in [3.63, 3.8) is 0 Å². The molecule has 0 saturated carbocycles. The maximum Gasteiger partial charge on any atom is 0.253 e. The molecule has 0 aliphatic carbocycles. The first-order chi connectivity index (χ1) is 8.62. The number of methoxy groups -OCH3 is 2. The SMILES string of the molecule is CCc1nnc(C)cc1C(=O)NCC(OC)OC. The predicted molar refractivity (Wildman–Crippen MR) is 66.3 cm³/mol. The Labute approximate surface area is 107 Å². The Hall–Kier alpha value is -1.53. The van der Waals surface area contributed by atoms with Crippen LogP contribution in [-0.4, -0.2) is 43.2 Å². The van der Waals surface area contributed by atoms with Gasteiger partial charge in [-0.2, -0.15) is 10.2 Å². The van der Waals surface area contributed by atoms with Gasteiger partial charge in [-0.05, 0) is 19.4 Å². The van der Waals surface area contributed by atoms with Gasteiger partial charge in [0.2, 0.25) is 0 Å². The second-order valence-electron chi connectivity index (χ2n) is 3.81. The molecule has 0 aliphatic heterocycles. The third-order valence-corrected chi connectivity index (χ3v) is 2.53. The molecule has 0 aromatic carbocycles. The molecule has 0 bridgehead atoms. The molecule has 6 nitrogen and oxygen atoms in total. The van der Waals surface area contributed by atoms with Gasteiger partial charge in [0, 0.05) is 14.2 Å². The number of hydrogen-bond donors (Lipinski definition) is 1. The Morgan fingerprint density at radius 3 is 2.61 bits per heavy atom. The van der Waals surface area contributed by atoms with Gasteiger partial charge < -0.3 is 14.8 Å². The molecule has 1 heterocycles. The highest BCUT2D eigenvalue weighted by atomic mass is 16.7. The minimum atomic E-state index is -0.449. The lowest BCUT2D eigenvalue weighted by Crippen LogP contribution is -2.34. The molecule has 1 rings (SSSR count). The number of ether oxygens (including phenoxy) is 2. The maximum atomic E-state index is 12.0. The van der Waals surface area contributed by atoms with Crippen LogP contribution in [0.3, 0.4) is 0 Å². The fraction of sp³-hybridized carbons (Fsp3) is 0.583. The monoisotopic (exact) mass is 253 g/mol. The van der Waals surface area contributed by atoms with E-state index in [1.54, 1.807) is 13.0 Å². The molecular formula is C12H19N3O3. The van der Waals surface area contributed by atoms with E-state index >= 15 is 0 Å². The van der Waals surface area contributed by atoms with Crippen molar-refractivity contribution >= 4 is 5.91 Å². The number of nitrogens with one attached hydrogen (secondary N) is 1. The fourth-order valence-corrected chi connectivity index (χ4v) is 1.51. The molecule has 1 aromatic heterocycles. The van der Waals surface area contributed by atoms with E-state index < -0.39 is 6.29 Å². The van der Waals surface area contributed by atoms with E-state index in [9.17, 15) is 4.79 Å². The van der Waals surface area contributed by atoms with E-state index in [1.807, 2.05) is 6.92 Å². The molecule has 0 radical (unpaired) electrons. The first kappa shape index (κ1) is 14.5. The molecule has 1 N–H and O–H groups in total. The average Bonchev–Trinajstić information content (AvgIpc) is 2.39. The molecule has 18 heavy (non-hydrogen) atoms. The number of nitrogens with zero attached hydrogens (tertiary/aromatic N) is 2. The van der Waals surface area contributed by atoms with Gasteiger partial charge in [-0.1, -0.05) is 6.92 Å². The molecule has 6 heteroatoms. The number of carbonyl (C=O) groups is 1. The lowest BCUT2D eigenvalue weighted by atomic mass is 10.1. The van der Waals surface area contributed by atoms with Crippen LogP contribution in [0.25, 0.3) is 0 Å². The zero-order chi connectivity index (χ0) is 13.5. The molecule has 0 fully saturated rings. The minimum absolute atomic E-state index is 0.191. The molecule has 0 saturated heterocycles. The Morgan fingerprint density at radius 1 is 1.39 bits per heavy atom. The van der Waals surface area contributed by atoms with Gasteiger partial charge in [0.1, 0.15) is 0 Å². The van der Waals surface area contributed by atoms with Crippen molar-refractivity contribution in [1.82, 2.24) is 15.5 Å². The summed E-state index contributed by atoms with van der Waals surface area (Å²) in [4.78, 5) is 12.0. The van der Waals surface area contributed by atoms with Crippen molar-refractivity contribution in [2.24, 2.45) is 0 Å². The molecule has 1 aromatic rings. The van der Waals surface area contributed by atoms with Gasteiger partial charge in [0.05, 0.1) is 23.5 Å². The molecular weight excluding hydrogens is 234 g/mol. The Kier molecular flexibility index (Phi) is 5.67. The van der Waals surface area contributed by atoms with Crippen LogP contribution >= 0.6 is 0 Å². The summed E-state index contributed by atoms with van der Waals surface area (Å²) >= 11 is 0. The highest BCUT2D eigenvalue weighted by molar-refractivity contribution is 5.95. The molecule has 0 unspecified atom stereocenters. The normalized spacial score (nSPS) is 10.7. The quantitative estimate of drug-likeness (QED) is 0.755. The van der Waals surface area contributed by atoms with Crippen LogP contribution in [0.2, 0.25) is 0 Å². The smallest absolute Gasteiger partial charge is 0.253 e. The van der Waals surface area contributed by atoms with Crippen molar-refractivity contribution in [3.05, 3.63) is 23.0 Å². The Bertz CT molecular complexity index is 406. The van der Waals surface area contributed by atoms with Crippen molar-refractivity contribution in [2.45, 2.75) is 26.6 Å². The van der Waals surface area contributed by atoms with Crippen molar-refractivity contribution in [1.29, 1.82) is 0 Å². The van der Waals surface area contributed by atoms with Gasteiger partial charge >= 0.3 is 0 Å². The number of carbonyl (C=O) groups excluding carboxylic acids is 1. The highest BCUT2D eigenvalue weighted by Gasteiger charge is 2.14. The second-order valence-corrected chi connectivity index (χ2v) is 3.81. The molecule has 100 valence electrons. The van der Waals surface area contributed by atoms with E-state index in [0.29, 0.717) is 23.4 Å². The molecule has 0 aliphatic rings. The predicted octanol–water partition coefficient (Wildman–Crippen LogP) is 0.696. The summed E-state index contributed by atoms with van der Waals surface area (Å²) in [7, 11) is 3.05. The standard InChI is InChI=1S/C12H19N3O3/c1-5-10-9(6-8(2)14-15-10)12(16)13-7-11(17-3)18-4/h6,11H,5,7H2,1-4H3,(H,13,16). The van der Waals surface area contributed by atoms with E-state index in [0.717, 1.165) is 0 Å². The van der Waals surface area contributed by atoms with Crippen LogP contribution in [0.1, 0.15) is 28.7 Å². The van der Waals surface area contributed by atoms with Crippen molar-refractivity contribution < 1.29 is 14.3 Å². The lowest BCUT2D eigenvalue weighted by Gasteiger charge is -2.14. The average molecular weight is 253 g/mol. The number of hydrogen-bond acceptors (Lipinski definition) is 5. The van der Waals surface area contributed by atoms with Crippen molar-refractivity contribution in [2.75, 3.05) is 20.8 Å². The number of aromatic nitrogens is 2. The van der Waals surface area contributed by atoms with Gasteiger partial charge in [-0.3, -0.25) is 4.79 Å². The number of amides is 1. The Balaban J connectivity index is 2.74. The first-order valence-corrected chi connectivity index (χ1v) is 5.79. The molecule has 0 spiro atoms. The zero-order valence-corrected chi connectivity index (χ0v) is 11.2.